The van der Waals surface area contributed by atoms with Gasteiger partial charge in [-0.2, -0.15) is 5.48 Å². The maximum absolute atomic E-state index is 13.8. The van der Waals surface area contributed by atoms with Crippen LogP contribution >= 0.6 is 0 Å². The van der Waals surface area contributed by atoms with Crippen LogP contribution in [0.1, 0.15) is 41.8 Å². The SMILES string of the molecule is CCONCc1ccc(O)c2c1C[C@H]1C[C@H]3[C@H](N(C)C)C(=O)C(C(C)N)C(=O)[C@@]3(O)C(=O)C1C2=O. The number of hydrogen-bond donors (Lipinski definition) is 4. The van der Waals surface area contributed by atoms with Crippen molar-refractivity contribution in [2.45, 2.75) is 50.9 Å². The van der Waals surface area contributed by atoms with Crippen LogP contribution in [0.15, 0.2) is 12.1 Å². The number of phenolic OH excluding ortho intramolecular Hbond substituents is 1. The molecule has 0 aromatic heterocycles. The number of Topliss-reactive ketones (excluding diaryl/α,β-unsaturated/α-hetero) is 4. The standard InChI is InChI=1S/C25H33N3O7/c1-5-35-27-10-12-6-7-16(29)19-14(12)8-13-9-15-20(28(3)4)22(31)17(11(2)26)23(32)25(15,34)24(33)18(13)21(19)30/h6-7,11,13,15,17-18,20,27,29,34H,5,8-10,26H2,1-4H3/t11?,13-,15-,17?,18?,20-,25+/m0/s1. The Labute approximate surface area is 203 Å². The Morgan fingerprint density at radius 3 is 2.51 bits per heavy atom. The van der Waals surface area contributed by atoms with Crippen molar-refractivity contribution in [2.24, 2.45) is 29.4 Å². The molecule has 0 amide bonds. The Bertz CT molecular complexity index is 1090. The van der Waals surface area contributed by atoms with E-state index in [2.05, 4.69) is 5.48 Å². The molecule has 0 heterocycles. The quantitative estimate of drug-likeness (QED) is 0.240. The average molecular weight is 488 g/mol. The Kier molecular flexibility index (Phi) is 6.71. The predicted molar refractivity (Wildman–Crippen MR) is 124 cm³/mol. The van der Waals surface area contributed by atoms with Crippen molar-refractivity contribution in [3.8, 4) is 5.75 Å². The molecule has 7 atom stereocenters. The molecule has 0 spiro atoms. The van der Waals surface area contributed by atoms with Gasteiger partial charge in [-0.1, -0.05) is 6.07 Å². The lowest BCUT2D eigenvalue weighted by molar-refractivity contribution is -0.181. The van der Waals surface area contributed by atoms with Gasteiger partial charge in [0.2, 0.25) is 0 Å². The molecule has 5 N–H and O–H groups in total. The molecule has 2 fully saturated rings. The largest absolute Gasteiger partial charge is 0.507 e. The topological polar surface area (TPSA) is 159 Å². The third-order valence-electron chi connectivity index (χ3n) is 7.83. The third-order valence-corrected chi connectivity index (χ3v) is 7.83. The normalized spacial score (nSPS) is 33.4. The van der Waals surface area contributed by atoms with Gasteiger partial charge in [-0.15, -0.1) is 0 Å². The van der Waals surface area contributed by atoms with Crippen LogP contribution < -0.4 is 11.2 Å². The Hall–Kier alpha value is -2.50. The number of likely N-dealkylation sites (N-methyl/N-ethyl adjacent to an activating group) is 1. The number of nitrogens with zero attached hydrogens (tertiary/aromatic N) is 1. The summed E-state index contributed by atoms with van der Waals surface area (Å²) in [5.41, 5.74) is 7.63. The second-order valence-corrected chi connectivity index (χ2v) is 10.1. The average Bonchev–Trinajstić information content (AvgIpc) is 2.77. The number of ketones is 4. The van der Waals surface area contributed by atoms with Crippen molar-refractivity contribution in [2.75, 3.05) is 20.7 Å². The minimum absolute atomic E-state index is 0.0321. The van der Waals surface area contributed by atoms with Crippen LogP contribution in [0.4, 0.5) is 0 Å². The van der Waals surface area contributed by atoms with E-state index in [9.17, 15) is 29.4 Å². The van der Waals surface area contributed by atoms with E-state index in [-0.39, 0.29) is 30.7 Å². The van der Waals surface area contributed by atoms with Gasteiger partial charge < -0.3 is 20.8 Å². The monoisotopic (exact) mass is 487 g/mol. The highest BCUT2D eigenvalue weighted by Crippen LogP contribution is 2.51. The maximum atomic E-state index is 13.8. The van der Waals surface area contributed by atoms with E-state index in [0.29, 0.717) is 12.2 Å². The van der Waals surface area contributed by atoms with Crippen LogP contribution in [0, 0.1) is 23.7 Å². The van der Waals surface area contributed by atoms with Crippen molar-refractivity contribution < 1.29 is 34.2 Å². The predicted octanol–water partition coefficient (Wildman–Crippen LogP) is -0.230. The van der Waals surface area contributed by atoms with Gasteiger partial charge in [0.1, 0.15) is 5.75 Å². The number of aromatic hydroxyl groups is 1. The summed E-state index contributed by atoms with van der Waals surface area (Å²) in [6.07, 6.45) is 0.402. The van der Waals surface area contributed by atoms with Crippen LogP contribution in [0.5, 0.6) is 5.75 Å². The van der Waals surface area contributed by atoms with Gasteiger partial charge in [-0.05, 0) is 63.9 Å². The van der Waals surface area contributed by atoms with Gasteiger partial charge in [-0.3, -0.25) is 24.1 Å². The minimum Gasteiger partial charge on any atom is -0.507 e. The highest BCUT2D eigenvalue weighted by molar-refractivity contribution is 6.27. The molecule has 0 radical (unpaired) electrons. The van der Waals surface area contributed by atoms with Gasteiger partial charge in [0, 0.05) is 18.5 Å². The van der Waals surface area contributed by atoms with Gasteiger partial charge >= 0.3 is 0 Å². The lowest BCUT2D eigenvalue weighted by Crippen LogP contribution is -2.74. The number of fused-ring (bicyclic) bond motifs is 3. The molecule has 1 aromatic carbocycles. The number of carbonyl (C=O) groups is 4. The molecule has 0 saturated heterocycles. The Morgan fingerprint density at radius 1 is 1.23 bits per heavy atom. The number of nitrogens with one attached hydrogen (secondary N) is 1. The lowest BCUT2D eigenvalue weighted by atomic mass is 9.52. The van der Waals surface area contributed by atoms with E-state index in [4.69, 9.17) is 10.6 Å². The number of rotatable bonds is 6. The molecule has 35 heavy (non-hydrogen) atoms. The number of hydrogen-bond acceptors (Lipinski definition) is 10. The zero-order valence-corrected chi connectivity index (χ0v) is 20.4. The first-order valence-corrected chi connectivity index (χ1v) is 12.0. The molecule has 10 heteroatoms. The first kappa shape index (κ1) is 25.6. The lowest BCUT2D eigenvalue weighted by Gasteiger charge is -2.53. The first-order valence-electron chi connectivity index (χ1n) is 12.0. The first-order chi connectivity index (χ1) is 16.5. The number of phenols is 1. The smallest absolute Gasteiger partial charge is 0.187 e. The van der Waals surface area contributed by atoms with Crippen molar-refractivity contribution >= 4 is 23.1 Å². The molecule has 3 aliphatic rings. The summed E-state index contributed by atoms with van der Waals surface area (Å²) >= 11 is 0. The molecule has 0 aliphatic heterocycles. The molecule has 0 bridgehead atoms. The molecule has 2 saturated carbocycles. The molecule has 3 aliphatic carbocycles. The van der Waals surface area contributed by atoms with Crippen molar-refractivity contribution in [1.82, 2.24) is 10.4 Å². The van der Waals surface area contributed by atoms with Crippen molar-refractivity contribution in [1.29, 1.82) is 0 Å². The molecule has 1 aromatic rings. The van der Waals surface area contributed by atoms with Gasteiger partial charge in [-0.25, -0.2) is 0 Å². The van der Waals surface area contributed by atoms with Crippen molar-refractivity contribution in [3.05, 3.63) is 28.8 Å². The van der Waals surface area contributed by atoms with E-state index in [1.165, 1.54) is 13.0 Å². The minimum atomic E-state index is -2.50. The van der Waals surface area contributed by atoms with Gasteiger partial charge in [0.25, 0.3) is 0 Å². The molecular formula is C25H33N3O7. The number of nitrogens with two attached hydrogens (primary N) is 1. The number of hydroxylamine groups is 1. The fraction of sp³-hybridized carbons (Fsp3) is 0.600. The van der Waals surface area contributed by atoms with E-state index >= 15 is 0 Å². The summed E-state index contributed by atoms with van der Waals surface area (Å²) in [6, 6.07) is 1.28. The number of benzene rings is 1. The second-order valence-electron chi connectivity index (χ2n) is 10.1. The summed E-state index contributed by atoms with van der Waals surface area (Å²) in [5, 5.41) is 22.2. The van der Waals surface area contributed by atoms with Crippen LogP contribution in [0.2, 0.25) is 0 Å². The van der Waals surface area contributed by atoms with Crippen LogP contribution in [0.3, 0.4) is 0 Å². The van der Waals surface area contributed by atoms with E-state index in [1.807, 2.05) is 6.92 Å². The fourth-order valence-electron chi connectivity index (χ4n) is 6.32. The molecular weight excluding hydrogens is 454 g/mol. The highest BCUT2D eigenvalue weighted by atomic mass is 16.6. The van der Waals surface area contributed by atoms with Crippen LogP contribution in [0.25, 0.3) is 0 Å². The maximum Gasteiger partial charge on any atom is 0.187 e. The van der Waals surface area contributed by atoms with Crippen molar-refractivity contribution in [3.63, 3.8) is 0 Å². The summed E-state index contributed by atoms with van der Waals surface area (Å²) in [6.45, 7) is 4.04. The van der Waals surface area contributed by atoms with Gasteiger partial charge in [0.15, 0.2) is 28.7 Å². The Balaban J connectivity index is 1.81. The second kappa shape index (κ2) is 9.18. The molecule has 4 rings (SSSR count). The number of aliphatic hydroxyl groups is 1. The Morgan fingerprint density at radius 2 is 1.91 bits per heavy atom. The van der Waals surface area contributed by atoms with E-state index < -0.39 is 64.5 Å². The molecule has 10 nitrogen and oxygen atoms in total. The van der Waals surface area contributed by atoms with Crippen LogP contribution in [-0.2, 0) is 32.2 Å². The summed E-state index contributed by atoms with van der Waals surface area (Å²) in [4.78, 5) is 61.0. The summed E-state index contributed by atoms with van der Waals surface area (Å²) < 4.78 is 0. The number of carbonyl (C=O) groups excluding carboxylic acids is 4. The zero-order chi connectivity index (χ0) is 25.8. The summed E-state index contributed by atoms with van der Waals surface area (Å²) in [7, 11) is 3.31. The van der Waals surface area contributed by atoms with Crippen LogP contribution in [-0.4, -0.2) is 76.6 Å². The summed E-state index contributed by atoms with van der Waals surface area (Å²) in [5.74, 6) is -7.30. The van der Waals surface area contributed by atoms with E-state index in [1.54, 1.807) is 25.1 Å². The fourth-order valence-corrected chi connectivity index (χ4v) is 6.32. The third kappa shape index (κ3) is 3.75. The van der Waals surface area contributed by atoms with E-state index in [0.717, 1.165) is 5.56 Å². The highest BCUT2D eigenvalue weighted by Gasteiger charge is 2.68. The molecule has 190 valence electrons. The zero-order valence-electron chi connectivity index (χ0n) is 20.4. The van der Waals surface area contributed by atoms with Gasteiger partial charge in [0.05, 0.1) is 30.0 Å². The molecule has 3 unspecified atom stereocenters.